The van der Waals surface area contributed by atoms with E-state index in [1.807, 2.05) is 12.1 Å². The standard InChI is InChI=1S/C20H25NO/c1-16-14-21(15-17-7-4-3-5-8-17)12-11-20(16,2)18-9-6-10-19(22)13-18/h3-10,13,16,22H,11-12,14-15H2,1-2H3/t16-,20-/m1/s1. The molecule has 2 nitrogen and oxygen atoms in total. The van der Waals surface area contributed by atoms with E-state index in [0.29, 0.717) is 11.7 Å². The summed E-state index contributed by atoms with van der Waals surface area (Å²) in [7, 11) is 0. The summed E-state index contributed by atoms with van der Waals surface area (Å²) in [6.07, 6.45) is 1.13. The van der Waals surface area contributed by atoms with Crippen LogP contribution in [0.5, 0.6) is 5.75 Å². The van der Waals surface area contributed by atoms with Gasteiger partial charge in [0.25, 0.3) is 0 Å². The normalized spacial score (nSPS) is 26.0. The highest BCUT2D eigenvalue weighted by atomic mass is 16.3. The molecule has 22 heavy (non-hydrogen) atoms. The lowest BCUT2D eigenvalue weighted by atomic mass is 9.68. The third-order valence-electron chi connectivity index (χ3n) is 5.32. The quantitative estimate of drug-likeness (QED) is 0.917. The Kier molecular flexibility index (Phi) is 4.21. The van der Waals surface area contributed by atoms with Crippen molar-refractivity contribution in [1.82, 2.24) is 4.90 Å². The van der Waals surface area contributed by atoms with Crippen LogP contribution in [-0.2, 0) is 12.0 Å². The maximum absolute atomic E-state index is 9.78. The van der Waals surface area contributed by atoms with Crippen molar-refractivity contribution in [3.63, 3.8) is 0 Å². The Hall–Kier alpha value is -1.80. The van der Waals surface area contributed by atoms with E-state index in [4.69, 9.17) is 0 Å². The van der Waals surface area contributed by atoms with Gasteiger partial charge >= 0.3 is 0 Å². The molecule has 2 aromatic rings. The maximum Gasteiger partial charge on any atom is 0.115 e. The predicted molar refractivity (Wildman–Crippen MR) is 91.0 cm³/mol. The smallest absolute Gasteiger partial charge is 0.115 e. The van der Waals surface area contributed by atoms with Crippen molar-refractivity contribution < 1.29 is 5.11 Å². The summed E-state index contributed by atoms with van der Waals surface area (Å²) in [5, 5.41) is 9.78. The Morgan fingerprint density at radius 1 is 1.14 bits per heavy atom. The number of rotatable bonds is 3. The maximum atomic E-state index is 9.78. The third-order valence-corrected chi connectivity index (χ3v) is 5.32. The molecule has 3 rings (SSSR count). The monoisotopic (exact) mass is 295 g/mol. The summed E-state index contributed by atoms with van der Waals surface area (Å²) < 4.78 is 0. The van der Waals surface area contributed by atoms with Crippen LogP contribution in [-0.4, -0.2) is 23.1 Å². The SMILES string of the molecule is C[C@@H]1CN(Cc2ccccc2)CC[C@@]1(C)c1cccc(O)c1. The predicted octanol–water partition coefficient (Wildman–Crippen LogP) is 4.19. The molecule has 1 N–H and O–H groups in total. The molecule has 116 valence electrons. The minimum atomic E-state index is 0.145. The van der Waals surface area contributed by atoms with Crippen LogP contribution >= 0.6 is 0 Å². The van der Waals surface area contributed by atoms with Crippen LogP contribution in [0.3, 0.4) is 0 Å². The molecule has 1 heterocycles. The molecule has 0 aliphatic carbocycles. The van der Waals surface area contributed by atoms with Crippen molar-refractivity contribution in [1.29, 1.82) is 0 Å². The lowest BCUT2D eigenvalue weighted by Crippen LogP contribution is -2.46. The molecule has 0 saturated carbocycles. The first-order valence-corrected chi connectivity index (χ1v) is 8.14. The number of benzene rings is 2. The highest BCUT2D eigenvalue weighted by Crippen LogP contribution is 2.40. The first-order chi connectivity index (χ1) is 10.6. The van der Waals surface area contributed by atoms with Gasteiger partial charge in [-0.3, -0.25) is 4.90 Å². The zero-order valence-corrected chi connectivity index (χ0v) is 13.5. The summed E-state index contributed by atoms with van der Waals surface area (Å²) in [6.45, 7) is 7.90. The van der Waals surface area contributed by atoms with Crippen LogP contribution in [0.2, 0.25) is 0 Å². The molecule has 0 spiro atoms. The topological polar surface area (TPSA) is 23.5 Å². The van der Waals surface area contributed by atoms with Crippen molar-refractivity contribution in [2.75, 3.05) is 13.1 Å². The van der Waals surface area contributed by atoms with E-state index >= 15 is 0 Å². The summed E-state index contributed by atoms with van der Waals surface area (Å²) in [4.78, 5) is 2.55. The van der Waals surface area contributed by atoms with Gasteiger partial charge in [0.15, 0.2) is 0 Å². The van der Waals surface area contributed by atoms with Crippen LogP contribution in [0, 0.1) is 5.92 Å². The lowest BCUT2D eigenvalue weighted by Gasteiger charge is -2.45. The van der Waals surface area contributed by atoms with Gasteiger partial charge in [-0.05, 0) is 47.6 Å². The summed E-state index contributed by atoms with van der Waals surface area (Å²) in [5.41, 5.74) is 2.79. The first kappa shape index (κ1) is 15.1. The van der Waals surface area contributed by atoms with Crippen molar-refractivity contribution in [2.24, 2.45) is 5.92 Å². The molecular formula is C20H25NO. The zero-order chi connectivity index (χ0) is 15.6. The van der Waals surface area contributed by atoms with Crippen LogP contribution in [0.25, 0.3) is 0 Å². The number of phenolic OH excluding ortho intramolecular Hbond substituents is 1. The highest BCUT2D eigenvalue weighted by molar-refractivity contribution is 5.33. The van der Waals surface area contributed by atoms with Gasteiger partial charge in [-0.15, -0.1) is 0 Å². The average Bonchev–Trinajstić information content (AvgIpc) is 2.52. The molecule has 1 aliphatic rings. The molecule has 2 aromatic carbocycles. The van der Waals surface area contributed by atoms with Gasteiger partial charge in [0.2, 0.25) is 0 Å². The van der Waals surface area contributed by atoms with Gasteiger partial charge in [-0.1, -0.05) is 56.3 Å². The Bertz CT molecular complexity index is 625. The van der Waals surface area contributed by atoms with Gasteiger partial charge < -0.3 is 5.11 Å². The largest absolute Gasteiger partial charge is 0.508 e. The fourth-order valence-electron chi connectivity index (χ4n) is 3.59. The van der Waals surface area contributed by atoms with E-state index in [-0.39, 0.29) is 5.41 Å². The van der Waals surface area contributed by atoms with Crippen LogP contribution in [0.1, 0.15) is 31.4 Å². The molecule has 0 amide bonds. The fourth-order valence-corrected chi connectivity index (χ4v) is 3.59. The summed E-state index contributed by atoms with van der Waals surface area (Å²) in [5.74, 6) is 0.935. The number of likely N-dealkylation sites (tertiary alicyclic amines) is 1. The second-order valence-electron chi connectivity index (χ2n) is 6.84. The van der Waals surface area contributed by atoms with Crippen LogP contribution < -0.4 is 0 Å². The number of hydrogen-bond donors (Lipinski definition) is 1. The number of phenols is 1. The Labute approximate surface area is 133 Å². The third kappa shape index (κ3) is 3.02. The van der Waals surface area contributed by atoms with Crippen molar-refractivity contribution in [3.8, 4) is 5.75 Å². The number of hydrogen-bond acceptors (Lipinski definition) is 2. The molecule has 0 unspecified atom stereocenters. The molecular weight excluding hydrogens is 270 g/mol. The Morgan fingerprint density at radius 3 is 2.59 bits per heavy atom. The van der Waals surface area contributed by atoms with E-state index in [1.54, 1.807) is 6.07 Å². The van der Waals surface area contributed by atoms with Crippen LogP contribution in [0.15, 0.2) is 54.6 Å². The molecule has 0 bridgehead atoms. The Balaban J connectivity index is 1.72. The highest BCUT2D eigenvalue weighted by Gasteiger charge is 2.37. The van der Waals surface area contributed by atoms with Gasteiger partial charge in [-0.2, -0.15) is 0 Å². The van der Waals surface area contributed by atoms with Crippen LogP contribution in [0.4, 0.5) is 0 Å². The van der Waals surface area contributed by atoms with E-state index in [9.17, 15) is 5.11 Å². The van der Waals surface area contributed by atoms with Gasteiger partial charge in [-0.25, -0.2) is 0 Å². The van der Waals surface area contributed by atoms with Gasteiger partial charge in [0.1, 0.15) is 5.75 Å². The number of nitrogens with zero attached hydrogens (tertiary/aromatic N) is 1. The minimum absolute atomic E-state index is 0.145. The average molecular weight is 295 g/mol. The molecule has 0 radical (unpaired) electrons. The van der Waals surface area contributed by atoms with Gasteiger partial charge in [0.05, 0.1) is 0 Å². The molecule has 1 fully saturated rings. The minimum Gasteiger partial charge on any atom is -0.508 e. The fraction of sp³-hybridized carbons (Fsp3) is 0.400. The molecule has 0 aromatic heterocycles. The Morgan fingerprint density at radius 2 is 1.91 bits per heavy atom. The molecule has 2 heteroatoms. The zero-order valence-electron chi connectivity index (χ0n) is 13.5. The van der Waals surface area contributed by atoms with E-state index < -0.39 is 0 Å². The van der Waals surface area contributed by atoms with Crippen molar-refractivity contribution in [3.05, 3.63) is 65.7 Å². The van der Waals surface area contributed by atoms with E-state index in [1.165, 1.54) is 11.1 Å². The lowest BCUT2D eigenvalue weighted by molar-refractivity contribution is 0.105. The van der Waals surface area contributed by atoms with E-state index in [0.717, 1.165) is 26.1 Å². The molecule has 2 atom stereocenters. The number of aromatic hydroxyl groups is 1. The summed E-state index contributed by atoms with van der Waals surface area (Å²) in [6, 6.07) is 18.5. The van der Waals surface area contributed by atoms with Crippen molar-refractivity contribution >= 4 is 0 Å². The second-order valence-corrected chi connectivity index (χ2v) is 6.84. The molecule has 1 saturated heterocycles. The van der Waals surface area contributed by atoms with E-state index in [2.05, 4.69) is 55.1 Å². The summed E-state index contributed by atoms with van der Waals surface area (Å²) >= 11 is 0. The molecule has 1 aliphatic heterocycles. The number of piperidine rings is 1. The second kappa shape index (κ2) is 6.13. The van der Waals surface area contributed by atoms with Gasteiger partial charge in [0, 0.05) is 13.1 Å². The van der Waals surface area contributed by atoms with Crippen molar-refractivity contribution in [2.45, 2.75) is 32.2 Å². The first-order valence-electron chi connectivity index (χ1n) is 8.14.